The zero-order valence-electron chi connectivity index (χ0n) is 14.7. The Morgan fingerprint density at radius 2 is 1.71 bits per heavy atom. The number of carbonyl (C=O) groups is 2. The number of ether oxygens (including phenoxy) is 1. The minimum absolute atomic E-state index is 0.146. The van der Waals surface area contributed by atoms with Crippen LogP contribution in [0, 0.1) is 0 Å². The van der Waals surface area contributed by atoms with Gasteiger partial charge in [-0.3, -0.25) is 9.59 Å². The molecule has 0 saturated heterocycles. The van der Waals surface area contributed by atoms with Gasteiger partial charge in [-0.15, -0.1) is 0 Å². The summed E-state index contributed by atoms with van der Waals surface area (Å²) in [5.74, 6) is -0.240. The van der Waals surface area contributed by atoms with E-state index in [9.17, 15) is 9.59 Å². The SMILES string of the molecule is O=C(COc1ccccc1Cl)NCCNC(=O)c1nc(-c2ccccc2)no1. The highest BCUT2D eigenvalue weighted by atomic mass is 35.5. The van der Waals surface area contributed by atoms with Crippen molar-refractivity contribution in [3.8, 4) is 17.1 Å². The van der Waals surface area contributed by atoms with E-state index in [0.29, 0.717) is 16.6 Å². The number of para-hydroxylation sites is 1. The predicted octanol–water partition coefficient (Wildman–Crippen LogP) is 2.32. The summed E-state index contributed by atoms with van der Waals surface area (Å²) in [5.41, 5.74) is 0.746. The molecule has 3 rings (SSSR count). The van der Waals surface area contributed by atoms with Crippen LogP contribution in [0.2, 0.25) is 5.02 Å². The van der Waals surface area contributed by atoms with E-state index in [4.69, 9.17) is 20.9 Å². The van der Waals surface area contributed by atoms with E-state index in [0.717, 1.165) is 5.56 Å². The van der Waals surface area contributed by atoms with Gasteiger partial charge in [0.25, 0.3) is 5.91 Å². The molecular formula is C19H17ClN4O4. The van der Waals surface area contributed by atoms with Crippen LogP contribution in [-0.4, -0.2) is 41.7 Å². The first-order valence-electron chi connectivity index (χ1n) is 8.45. The Hall–Kier alpha value is -3.39. The quantitative estimate of drug-likeness (QED) is 0.562. The van der Waals surface area contributed by atoms with E-state index in [2.05, 4.69) is 20.8 Å². The van der Waals surface area contributed by atoms with Crippen LogP contribution in [0.1, 0.15) is 10.7 Å². The van der Waals surface area contributed by atoms with Crippen molar-refractivity contribution in [3.63, 3.8) is 0 Å². The molecule has 0 spiro atoms. The molecule has 0 aliphatic heterocycles. The molecule has 3 aromatic rings. The number of aromatic nitrogens is 2. The molecule has 0 bridgehead atoms. The fourth-order valence-electron chi connectivity index (χ4n) is 2.23. The lowest BCUT2D eigenvalue weighted by molar-refractivity contribution is -0.123. The first kappa shape index (κ1) is 19.4. The molecule has 0 aliphatic rings. The van der Waals surface area contributed by atoms with Crippen LogP contribution < -0.4 is 15.4 Å². The minimum Gasteiger partial charge on any atom is -0.482 e. The summed E-state index contributed by atoms with van der Waals surface area (Å²) in [6.45, 7) is 0.234. The molecule has 0 atom stereocenters. The smallest absolute Gasteiger partial charge is 0.316 e. The zero-order valence-corrected chi connectivity index (χ0v) is 15.5. The standard InChI is InChI=1S/C19H17ClN4O4/c20-14-8-4-5-9-15(14)27-12-16(25)21-10-11-22-18(26)19-23-17(24-28-19)13-6-2-1-3-7-13/h1-9H,10-12H2,(H,21,25)(H,22,26). The molecule has 0 aliphatic carbocycles. The number of rotatable bonds is 8. The molecule has 1 aromatic heterocycles. The maximum Gasteiger partial charge on any atom is 0.316 e. The second-order valence-electron chi connectivity index (χ2n) is 5.61. The Balaban J connectivity index is 1.38. The maximum absolute atomic E-state index is 12.0. The Kier molecular flexibility index (Phi) is 6.59. The maximum atomic E-state index is 12.0. The summed E-state index contributed by atoms with van der Waals surface area (Å²) in [6, 6.07) is 16.0. The van der Waals surface area contributed by atoms with E-state index in [-0.39, 0.29) is 31.5 Å². The minimum atomic E-state index is -0.517. The number of carbonyl (C=O) groups excluding carboxylic acids is 2. The van der Waals surface area contributed by atoms with E-state index >= 15 is 0 Å². The van der Waals surface area contributed by atoms with Crippen molar-refractivity contribution >= 4 is 23.4 Å². The average Bonchev–Trinajstić information content (AvgIpc) is 3.21. The van der Waals surface area contributed by atoms with E-state index < -0.39 is 5.91 Å². The largest absolute Gasteiger partial charge is 0.482 e. The number of nitrogens with zero attached hydrogens (tertiary/aromatic N) is 2. The van der Waals surface area contributed by atoms with Crippen LogP contribution in [0.5, 0.6) is 5.75 Å². The molecule has 0 fully saturated rings. The summed E-state index contributed by atoms with van der Waals surface area (Å²) >= 11 is 5.94. The van der Waals surface area contributed by atoms with Gasteiger partial charge in [0, 0.05) is 18.7 Å². The highest BCUT2D eigenvalue weighted by Crippen LogP contribution is 2.22. The van der Waals surface area contributed by atoms with Crippen molar-refractivity contribution in [2.45, 2.75) is 0 Å². The Morgan fingerprint density at radius 3 is 2.50 bits per heavy atom. The van der Waals surface area contributed by atoms with Gasteiger partial charge in [0.15, 0.2) is 6.61 Å². The summed E-state index contributed by atoms with van der Waals surface area (Å²) in [7, 11) is 0. The summed E-state index contributed by atoms with van der Waals surface area (Å²) in [6.07, 6.45) is 0. The molecule has 0 radical (unpaired) electrons. The van der Waals surface area contributed by atoms with Gasteiger partial charge in [-0.2, -0.15) is 4.98 Å². The van der Waals surface area contributed by atoms with Crippen molar-refractivity contribution in [1.82, 2.24) is 20.8 Å². The van der Waals surface area contributed by atoms with Crippen molar-refractivity contribution < 1.29 is 18.8 Å². The van der Waals surface area contributed by atoms with Crippen LogP contribution >= 0.6 is 11.6 Å². The molecule has 0 saturated carbocycles. The van der Waals surface area contributed by atoms with Crippen LogP contribution in [0.4, 0.5) is 0 Å². The van der Waals surface area contributed by atoms with E-state index in [1.165, 1.54) is 0 Å². The first-order valence-corrected chi connectivity index (χ1v) is 8.82. The van der Waals surface area contributed by atoms with Crippen molar-refractivity contribution in [2.75, 3.05) is 19.7 Å². The van der Waals surface area contributed by atoms with Crippen LogP contribution in [0.3, 0.4) is 0 Å². The van der Waals surface area contributed by atoms with Gasteiger partial charge in [0.2, 0.25) is 5.82 Å². The Bertz CT molecular complexity index is 946. The topological polar surface area (TPSA) is 106 Å². The molecule has 28 heavy (non-hydrogen) atoms. The molecule has 0 unspecified atom stereocenters. The van der Waals surface area contributed by atoms with Gasteiger partial charge >= 0.3 is 11.8 Å². The monoisotopic (exact) mass is 400 g/mol. The van der Waals surface area contributed by atoms with Crippen molar-refractivity contribution in [1.29, 1.82) is 0 Å². The number of hydrogen-bond donors (Lipinski definition) is 2. The fraction of sp³-hybridized carbons (Fsp3) is 0.158. The lowest BCUT2D eigenvalue weighted by atomic mass is 10.2. The number of halogens is 1. The fourth-order valence-corrected chi connectivity index (χ4v) is 2.42. The molecule has 8 nitrogen and oxygen atoms in total. The summed E-state index contributed by atoms with van der Waals surface area (Å²) in [4.78, 5) is 27.8. The highest BCUT2D eigenvalue weighted by Gasteiger charge is 2.15. The second-order valence-corrected chi connectivity index (χ2v) is 6.02. The van der Waals surface area contributed by atoms with Gasteiger partial charge in [-0.05, 0) is 12.1 Å². The molecule has 2 N–H and O–H groups in total. The lowest BCUT2D eigenvalue weighted by Crippen LogP contribution is -2.36. The zero-order chi connectivity index (χ0) is 19.8. The van der Waals surface area contributed by atoms with Gasteiger partial charge in [-0.1, -0.05) is 59.2 Å². The van der Waals surface area contributed by atoms with Gasteiger partial charge in [-0.25, -0.2) is 0 Å². The highest BCUT2D eigenvalue weighted by molar-refractivity contribution is 6.32. The molecule has 9 heteroatoms. The van der Waals surface area contributed by atoms with E-state index in [1.807, 2.05) is 30.3 Å². The van der Waals surface area contributed by atoms with Crippen molar-refractivity contribution in [3.05, 3.63) is 65.5 Å². The summed E-state index contributed by atoms with van der Waals surface area (Å²) in [5, 5.41) is 9.42. The van der Waals surface area contributed by atoms with Crippen LogP contribution in [0.25, 0.3) is 11.4 Å². The van der Waals surface area contributed by atoms with Gasteiger partial charge < -0.3 is 19.9 Å². The number of hydrogen-bond acceptors (Lipinski definition) is 6. The number of benzene rings is 2. The third-order valence-electron chi connectivity index (χ3n) is 3.58. The normalized spacial score (nSPS) is 10.3. The molecule has 2 aromatic carbocycles. The van der Waals surface area contributed by atoms with E-state index in [1.54, 1.807) is 24.3 Å². The van der Waals surface area contributed by atoms with Crippen LogP contribution in [-0.2, 0) is 4.79 Å². The molecule has 1 heterocycles. The second kappa shape index (κ2) is 9.52. The molecular weight excluding hydrogens is 384 g/mol. The van der Waals surface area contributed by atoms with Gasteiger partial charge in [0.1, 0.15) is 5.75 Å². The predicted molar refractivity (Wildman–Crippen MR) is 102 cm³/mol. The molecule has 144 valence electrons. The third kappa shape index (κ3) is 5.31. The first-order chi connectivity index (χ1) is 13.6. The number of nitrogens with one attached hydrogen (secondary N) is 2. The summed E-state index contributed by atoms with van der Waals surface area (Å²) < 4.78 is 10.3. The van der Waals surface area contributed by atoms with Gasteiger partial charge in [0.05, 0.1) is 5.02 Å². The average molecular weight is 401 g/mol. The third-order valence-corrected chi connectivity index (χ3v) is 3.89. The van der Waals surface area contributed by atoms with Crippen molar-refractivity contribution in [2.24, 2.45) is 0 Å². The Labute approximate surface area is 165 Å². The van der Waals surface area contributed by atoms with Crippen LogP contribution in [0.15, 0.2) is 59.1 Å². The molecule has 2 amide bonds. The number of amides is 2. The lowest BCUT2D eigenvalue weighted by Gasteiger charge is -2.08. The Morgan fingerprint density at radius 1 is 1.00 bits per heavy atom.